The van der Waals surface area contributed by atoms with Crippen molar-refractivity contribution in [3.63, 3.8) is 0 Å². The number of hydrogen-bond donors (Lipinski definition) is 0. The standard InChI is InChI=1S/C29H21N/c1-2-30-25-14-8-7-13-23(25)28-27-24(21-11-5-6-12-22(21)29(28)30)17-19-16-15-18-9-3-4-10-20(18)26(19)27/h3-16H,2,17H2,1H3. The second-order valence-electron chi connectivity index (χ2n) is 8.38. The molecule has 1 aliphatic rings. The van der Waals surface area contributed by atoms with E-state index in [4.69, 9.17) is 0 Å². The van der Waals surface area contributed by atoms with Crippen molar-refractivity contribution in [2.24, 2.45) is 0 Å². The lowest BCUT2D eigenvalue weighted by atomic mass is 9.91. The maximum atomic E-state index is 2.51. The van der Waals surface area contributed by atoms with Gasteiger partial charge in [-0.05, 0) is 57.8 Å². The minimum Gasteiger partial charge on any atom is -0.340 e. The highest BCUT2D eigenvalue weighted by Gasteiger charge is 2.28. The Morgan fingerprint density at radius 3 is 2.20 bits per heavy atom. The molecule has 142 valence electrons. The van der Waals surface area contributed by atoms with Crippen LogP contribution in [0.3, 0.4) is 0 Å². The quantitative estimate of drug-likeness (QED) is 0.274. The molecule has 1 aliphatic carbocycles. The van der Waals surface area contributed by atoms with Crippen LogP contribution in [0.2, 0.25) is 0 Å². The van der Waals surface area contributed by atoms with Gasteiger partial charge in [0.05, 0.1) is 5.52 Å². The number of fused-ring (bicyclic) bond motifs is 12. The summed E-state index contributed by atoms with van der Waals surface area (Å²) in [6, 6.07) is 31.4. The van der Waals surface area contributed by atoms with Crippen molar-refractivity contribution in [3.05, 3.63) is 96.1 Å². The second kappa shape index (κ2) is 5.73. The summed E-state index contributed by atoms with van der Waals surface area (Å²) in [5.74, 6) is 0. The number of aromatic nitrogens is 1. The van der Waals surface area contributed by atoms with Crippen molar-refractivity contribution in [1.82, 2.24) is 4.57 Å². The minimum absolute atomic E-state index is 0.967. The SMILES string of the molecule is CCn1c2ccccc2c2c3c(c4ccccc4c21)Cc1ccc2ccccc2c1-3. The smallest absolute Gasteiger partial charge is 0.0577 e. The maximum absolute atomic E-state index is 2.51. The molecule has 1 aromatic heterocycles. The molecule has 0 fully saturated rings. The average molecular weight is 383 g/mol. The third-order valence-corrected chi connectivity index (χ3v) is 6.98. The van der Waals surface area contributed by atoms with Crippen LogP contribution >= 0.6 is 0 Å². The van der Waals surface area contributed by atoms with Gasteiger partial charge in [-0.25, -0.2) is 0 Å². The van der Waals surface area contributed by atoms with E-state index >= 15 is 0 Å². The van der Waals surface area contributed by atoms with Crippen molar-refractivity contribution in [2.45, 2.75) is 19.9 Å². The molecule has 6 aromatic rings. The van der Waals surface area contributed by atoms with Gasteiger partial charge < -0.3 is 4.57 Å². The number of para-hydroxylation sites is 1. The third kappa shape index (κ3) is 1.88. The van der Waals surface area contributed by atoms with Gasteiger partial charge in [-0.3, -0.25) is 0 Å². The molecule has 0 N–H and O–H groups in total. The molecule has 1 heterocycles. The summed E-state index contributed by atoms with van der Waals surface area (Å²) in [6.45, 7) is 3.23. The second-order valence-corrected chi connectivity index (χ2v) is 8.38. The summed E-state index contributed by atoms with van der Waals surface area (Å²) in [7, 11) is 0. The molecule has 1 heteroatoms. The van der Waals surface area contributed by atoms with Crippen LogP contribution in [0.15, 0.2) is 84.9 Å². The van der Waals surface area contributed by atoms with Gasteiger partial charge in [0.15, 0.2) is 0 Å². The molecule has 5 aromatic carbocycles. The summed E-state index contributed by atoms with van der Waals surface area (Å²) in [5.41, 5.74) is 8.56. The Hall–Kier alpha value is -3.58. The highest BCUT2D eigenvalue weighted by molar-refractivity contribution is 6.27. The molecule has 0 bridgehead atoms. The minimum atomic E-state index is 0.967. The Morgan fingerprint density at radius 1 is 0.667 bits per heavy atom. The number of aryl methyl sites for hydroxylation is 1. The first-order valence-corrected chi connectivity index (χ1v) is 10.8. The van der Waals surface area contributed by atoms with Crippen LogP contribution in [-0.2, 0) is 13.0 Å². The number of nitrogens with zero attached hydrogens (tertiary/aromatic N) is 1. The van der Waals surface area contributed by atoms with Gasteiger partial charge in [0.1, 0.15) is 0 Å². The molecule has 0 unspecified atom stereocenters. The zero-order chi connectivity index (χ0) is 19.8. The predicted molar refractivity (Wildman–Crippen MR) is 128 cm³/mol. The summed E-state index contributed by atoms with van der Waals surface area (Å²) in [5, 5.41) is 8.27. The van der Waals surface area contributed by atoms with Crippen LogP contribution in [0, 0.1) is 0 Å². The summed E-state index contributed by atoms with van der Waals surface area (Å²) in [6.07, 6.45) is 1.01. The lowest BCUT2D eigenvalue weighted by Crippen LogP contribution is -1.95. The molecule has 30 heavy (non-hydrogen) atoms. The van der Waals surface area contributed by atoms with Gasteiger partial charge in [0.25, 0.3) is 0 Å². The van der Waals surface area contributed by atoms with Crippen LogP contribution in [0.5, 0.6) is 0 Å². The molecule has 0 saturated carbocycles. The molecule has 1 nitrogen and oxygen atoms in total. The van der Waals surface area contributed by atoms with Crippen LogP contribution in [0.4, 0.5) is 0 Å². The monoisotopic (exact) mass is 383 g/mol. The van der Waals surface area contributed by atoms with E-state index in [9.17, 15) is 0 Å². The predicted octanol–water partition coefficient (Wildman–Crippen LogP) is 7.69. The fraction of sp³-hybridized carbons (Fsp3) is 0.103. The zero-order valence-corrected chi connectivity index (χ0v) is 16.9. The van der Waals surface area contributed by atoms with E-state index in [1.807, 2.05) is 0 Å². The van der Waals surface area contributed by atoms with Gasteiger partial charge in [0, 0.05) is 28.2 Å². The Bertz CT molecular complexity index is 1650. The Kier molecular flexibility index (Phi) is 3.10. The van der Waals surface area contributed by atoms with E-state index in [0.29, 0.717) is 0 Å². The summed E-state index contributed by atoms with van der Waals surface area (Å²) < 4.78 is 2.51. The third-order valence-electron chi connectivity index (χ3n) is 6.98. The van der Waals surface area contributed by atoms with Gasteiger partial charge in [-0.15, -0.1) is 0 Å². The van der Waals surface area contributed by atoms with Crippen molar-refractivity contribution < 1.29 is 0 Å². The Labute approximate surface area is 175 Å². The summed E-state index contributed by atoms with van der Waals surface area (Å²) >= 11 is 0. The zero-order valence-electron chi connectivity index (χ0n) is 16.9. The Balaban J connectivity index is 1.83. The van der Waals surface area contributed by atoms with Gasteiger partial charge >= 0.3 is 0 Å². The molecule has 0 spiro atoms. The topological polar surface area (TPSA) is 4.93 Å². The van der Waals surface area contributed by atoms with Gasteiger partial charge in [-0.1, -0.05) is 78.9 Å². The van der Waals surface area contributed by atoms with E-state index in [-0.39, 0.29) is 0 Å². The molecule has 0 amide bonds. The van der Waals surface area contributed by atoms with E-state index in [2.05, 4.69) is 96.4 Å². The highest BCUT2D eigenvalue weighted by Crippen LogP contribution is 2.51. The van der Waals surface area contributed by atoms with Crippen molar-refractivity contribution in [1.29, 1.82) is 0 Å². The molecular formula is C29H21N. The van der Waals surface area contributed by atoms with E-state index < -0.39 is 0 Å². The molecule has 7 rings (SSSR count). The lowest BCUT2D eigenvalue weighted by molar-refractivity contribution is 0.829. The first-order chi connectivity index (χ1) is 14.9. The highest BCUT2D eigenvalue weighted by atomic mass is 15.0. The first-order valence-electron chi connectivity index (χ1n) is 10.8. The van der Waals surface area contributed by atoms with Crippen LogP contribution in [-0.4, -0.2) is 4.57 Å². The molecule has 0 saturated heterocycles. The van der Waals surface area contributed by atoms with E-state index in [0.717, 1.165) is 13.0 Å². The van der Waals surface area contributed by atoms with Gasteiger partial charge in [-0.2, -0.15) is 0 Å². The fourth-order valence-electron chi connectivity index (χ4n) is 5.81. The number of hydrogen-bond acceptors (Lipinski definition) is 0. The Morgan fingerprint density at radius 2 is 1.37 bits per heavy atom. The molecular weight excluding hydrogens is 362 g/mol. The number of benzene rings is 5. The van der Waals surface area contributed by atoms with Crippen molar-refractivity contribution >= 4 is 43.4 Å². The molecule has 0 aliphatic heterocycles. The number of rotatable bonds is 1. The fourth-order valence-corrected chi connectivity index (χ4v) is 5.81. The first kappa shape index (κ1) is 16.2. The van der Waals surface area contributed by atoms with Gasteiger partial charge in [0.2, 0.25) is 0 Å². The van der Waals surface area contributed by atoms with Crippen molar-refractivity contribution in [2.75, 3.05) is 0 Å². The van der Waals surface area contributed by atoms with Crippen molar-refractivity contribution in [3.8, 4) is 11.1 Å². The molecule has 0 radical (unpaired) electrons. The van der Waals surface area contributed by atoms with Crippen LogP contribution < -0.4 is 0 Å². The van der Waals surface area contributed by atoms with E-state index in [1.165, 1.54) is 65.6 Å². The molecule has 0 atom stereocenters. The largest absolute Gasteiger partial charge is 0.340 e. The normalized spacial score (nSPS) is 12.8. The maximum Gasteiger partial charge on any atom is 0.0577 e. The lowest BCUT2D eigenvalue weighted by Gasteiger charge is -2.13. The van der Waals surface area contributed by atoms with E-state index in [1.54, 1.807) is 0 Å². The van der Waals surface area contributed by atoms with Crippen LogP contribution in [0.1, 0.15) is 18.1 Å². The van der Waals surface area contributed by atoms with Crippen LogP contribution in [0.25, 0.3) is 54.5 Å². The average Bonchev–Trinajstić information content (AvgIpc) is 3.35. The summed E-state index contributed by atoms with van der Waals surface area (Å²) in [4.78, 5) is 0.